The molecule has 1 unspecified atom stereocenters. The van der Waals surface area contributed by atoms with Crippen molar-refractivity contribution in [3.05, 3.63) is 18.2 Å². The van der Waals surface area contributed by atoms with E-state index in [0.717, 1.165) is 12.1 Å². The molecule has 4 N–H and O–H groups in total. The van der Waals surface area contributed by atoms with Crippen molar-refractivity contribution in [2.75, 3.05) is 11.5 Å². The summed E-state index contributed by atoms with van der Waals surface area (Å²) < 4.78 is 1.81. The van der Waals surface area contributed by atoms with Crippen LogP contribution >= 0.6 is 0 Å². The molecule has 20 heavy (non-hydrogen) atoms. The van der Waals surface area contributed by atoms with Gasteiger partial charge in [-0.25, -0.2) is 4.68 Å². The lowest BCUT2D eigenvalue weighted by Crippen LogP contribution is -2.23. The van der Waals surface area contributed by atoms with Crippen molar-refractivity contribution >= 4 is 11.4 Å². The number of nitrogens with two attached hydrogens (primary N) is 2. The van der Waals surface area contributed by atoms with Crippen LogP contribution in [-0.4, -0.2) is 20.2 Å². The second-order valence-corrected chi connectivity index (χ2v) is 6.34. The highest BCUT2D eigenvalue weighted by molar-refractivity contribution is 5.67. The first-order valence-electron chi connectivity index (χ1n) is 6.70. The van der Waals surface area contributed by atoms with Gasteiger partial charge in [-0.1, -0.05) is 27.7 Å². The van der Waals surface area contributed by atoms with Crippen LogP contribution < -0.4 is 11.5 Å². The molecule has 0 spiro atoms. The molecule has 0 saturated carbocycles. The van der Waals surface area contributed by atoms with Crippen molar-refractivity contribution in [3.63, 3.8) is 0 Å². The average molecular weight is 274 g/mol. The summed E-state index contributed by atoms with van der Waals surface area (Å²) in [6, 6.07) is 5.38. The van der Waals surface area contributed by atoms with Gasteiger partial charge >= 0.3 is 0 Å². The fraction of sp³-hybridized carbons (Fsp3) is 0.500. The number of anilines is 2. The van der Waals surface area contributed by atoms with E-state index >= 15 is 0 Å². The van der Waals surface area contributed by atoms with E-state index in [9.17, 15) is 0 Å². The normalized spacial score (nSPS) is 13.4. The van der Waals surface area contributed by atoms with Crippen LogP contribution in [0.15, 0.2) is 18.2 Å². The lowest BCUT2D eigenvalue weighted by molar-refractivity contribution is 0.225. The van der Waals surface area contributed by atoms with Gasteiger partial charge in [-0.05, 0) is 40.0 Å². The highest BCUT2D eigenvalue weighted by Crippen LogP contribution is 2.28. The summed E-state index contributed by atoms with van der Waals surface area (Å²) in [6.07, 6.45) is 0. The summed E-state index contributed by atoms with van der Waals surface area (Å²) in [7, 11) is 0. The third-order valence-electron chi connectivity index (χ3n) is 3.69. The number of rotatable bonds is 3. The summed E-state index contributed by atoms with van der Waals surface area (Å²) >= 11 is 0. The standard InChI is InChI=1S/C14H22N6/c1-9(14(2,3)4)8-20-13(17-18-19-20)10-5-11(15)7-12(16)6-10/h5-7,9H,8,15-16H2,1-4H3. The van der Waals surface area contributed by atoms with E-state index in [2.05, 4.69) is 43.2 Å². The largest absolute Gasteiger partial charge is 0.399 e. The van der Waals surface area contributed by atoms with Crippen LogP contribution in [0.2, 0.25) is 0 Å². The molecule has 0 bridgehead atoms. The van der Waals surface area contributed by atoms with Crippen LogP contribution in [0, 0.1) is 11.3 Å². The monoisotopic (exact) mass is 274 g/mol. The molecule has 0 aliphatic heterocycles. The first kappa shape index (κ1) is 14.3. The van der Waals surface area contributed by atoms with Crippen molar-refractivity contribution in [2.45, 2.75) is 34.2 Å². The van der Waals surface area contributed by atoms with Gasteiger partial charge in [0.1, 0.15) is 0 Å². The maximum atomic E-state index is 5.83. The fourth-order valence-electron chi connectivity index (χ4n) is 1.87. The zero-order valence-electron chi connectivity index (χ0n) is 12.5. The number of hydrogen-bond donors (Lipinski definition) is 2. The second-order valence-electron chi connectivity index (χ2n) is 6.34. The lowest BCUT2D eigenvalue weighted by atomic mass is 9.82. The van der Waals surface area contributed by atoms with Crippen molar-refractivity contribution in [1.82, 2.24) is 20.2 Å². The molecule has 6 nitrogen and oxygen atoms in total. The molecule has 1 heterocycles. The molecule has 2 aromatic rings. The summed E-state index contributed by atoms with van der Waals surface area (Å²) in [5.41, 5.74) is 13.9. The summed E-state index contributed by atoms with van der Waals surface area (Å²) in [5, 5.41) is 11.9. The van der Waals surface area contributed by atoms with Gasteiger partial charge in [0.2, 0.25) is 0 Å². The average Bonchev–Trinajstić information content (AvgIpc) is 2.74. The van der Waals surface area contributed by atoms with E-state index < -0.39 is 0 Å². The number of benzene rings is 1. The van der Waals surface area contributed by atoms with Gasteiger partial charge in [-0.2, -0.15) is 0 Å². The highest BCUT2D eigenvalue weighted by Gasteiger charge is 2.22. The fourth-order valence-corrected chi connectivity index (χ4v) is 1.87. The smallest absolute Gasteiger partial charge is 0.182 e. The molecule has 0 amide bonds. The van der Waals surface area contributed by atoms with Gasteiger partial charge in [0, 0.05) is 23.5 Å². The van der Waals surface area contributed by atoms with Crippen molar-refractivity contribution in [1.29, 1.82) is 0 Å². The van der Waals surface area contributed by atoms with E-state index in [4.69, 9.17) is 11.5 Å². The molecular weight excluding hydrogens is 252 g/mol. The maximum Gasteiger partial charge on any atom is 0.182 e. The lowest BCUT2D eigenvalue weighted by Gasteiger charge is -2.27. The number of hydrogen-bond acceptors (Lipinski definition) is 5. The van der Waals surface area contributed by atoms with E-state index in [1.807, 2.05) is 16.8 Å². The third-order valence-corrected chi connectivity index (χ3v) is 3.69. The van der Waals surface area contributed by atoms with Gasteiger partial charge in [0.25, 0.3) is 0 Å². The first-order valence-corrected chi connectivity index (χ1v) is 6.70. The number of tetrazole rings is 1. The predicted molar refractivity (Wildman–Crippen MR) is 80.7 cm³/mol. The van der Waals surface area contributed by atoms with Crippen molar-refractivity contribution < 1.29 is 0 Å². The first-order chi connectivity index (χ1) is 9.27. The van der Waals surface area contributed by atoms with Crippen LogP contribution in [-0.2, 0) is 6.54 Å². The number of aromatic nitrogens is 4. The third kappa shape index (κ3) is 3.07. The van der Waals surface area contributed by atoms with Gasteiger partial charge < -0.3 is 11.5 Å². The molecule has 6 heteroatoms. The zero-order valence-corrected chi connectivity index (χ0v) is 12.5. The molecule has 0 fully saturated rings. The Morgan fingerprint density at radius 3 is 2.30 bits per heavy atom. The van der Waals surface area contributed by atoms with E-state index in [1.54, 1.807) is 6.07 Å². The Bertz CT molecular complexity index is 576. The van der Waals surface area contributed by atoms with Crippen LogP contribution in [0.25, 0.3) is 11.4 Å². The number of nitrogens with zero attached hydrogens (tertiary/aromatic N) is 4. The Balaban J connectivity index is 2.33. The minimum Gasteiger partial charge on any atom is -0.399 e. The maximum absolute atomic E-state index is 5.83. The molecule has 1 aromatic heterocycles. The Morgan fingerprint density at radius 1 is 1.15 bits per heavy atom. The highest BCUT2D eigenvalue weighted by atomic mass is 15.5. The molecule has 0 aliphatic rings. The Hall–Kier alpha value is -2.11. The summed E-state index contributed by atoms with van der Waals surface area (Å²) in [6.45, 7) is 9.57. The molecule has 0 saturated heterocycles. The second kappa shape index (κ2) is 5.11. The van der Waals surface area contributed by atoms with E-state index in [-0.39, 0.29) is 5.41 Å². The van der Waals surface area contributed by atoms with Crippen molar-refractivity contribution in [2.24, 2.45) is 11.3 Å². The van der Waals surface area contributed by atoms with Crippen LogP contribution in [0.5, 0.6) is 0 Å². The molecular formula is C14H22N6. The van der Waals surface area contributed by atoms with Gasteiger partial charge in [0.15, 0.2) is 5.82 Å². The SMILES string of the molecule is CC(Cn1nnnc1-c1cc(N)cc(N)c1)C(C)(C)C. The Kier molecular flexibility index (Phi) is 3.65. The molecule has 108 valence electrons. The predicted octanol–water partition coefficient (Wildman–Crippen LogP) is 2.19. The minimum absolute atomic E-state index is 0.192. The Morgan fingerprint density at radius 2 is 1.75 bits per heavy atom. The van der Waals surface area contributed by atoms with Gasteiger partial charge in [-0.3, -0.25) is 0 Å². The van der Waals surface area contributed by atoms with Crippen LogP contribution in [0.3, 0.4) is 0 Å². The topological polar surface area (TPSA) is 95.6 Å². The minimum atomic E-state index is 0.192. The molecule has 2 rings (SSSR count). The van der Waals surface area contributed by atoms with Crippen LogP contribution in [0.1, 0.15) is 27.7 Å². The van der Waals surface area contributed by atoms with Gasteiger partial charge in [-0.15, -0.1) is 5.10 Å². The molecule has 1 atom stereocenters. The quantitative estimate of drug-likeness (QED) is 0.836. The zero-order chi connectivity index (χ0) is 14.9. The number of nitrogen functional groups attached to an aromatic ring is 2. The van der Waals surface area contributed by atoms with Crippen LogP contribution in [0.4, 0.5) is 11.4 Å². The summed E-state index contributed by atoms with van der Waals surface area (Å²) in [4.78, 5) is 0. The van der Waals surface area contributed by atoms with Crippen molar-refractivity contribution in [3.8, 4) is 11.4 Å². The van der Waals surface area contributed by atoms with Gasteiger partial charge in [0.05, 0.1) is 0 Å². The van der Waals surface area contributed by atoms with E-state index in [1.165, 1.54) is 0 Å². The Labute approximate surface area is 119 Å². The summed E-state index contributed by atoms with van der Waals surface area (Å²) in [5.74, 6) is 1.13. The molecule has 1 aromatic carbocycles. The van der Waals surface area contributed by atoms with E-state index in [0.29, 0.717) is 23.1 Å². The molecule has 0 aliphatic carbocycles. The molecule has 0 radical (unpaired) electrons.